The van der Waals surface area contributed by atoms with Gasteiger partial charge in [-0.05, 0) is 41.0 Å². The Morgan fingerprint density at radius 3 is 2.72 bits per heavy atom. The van der Waals surface area contributed by atoms with Gasteiger partial charge in [-0.3, -0.25) is 9.97 Å². The van der Waals surface area contributed by atoms with Gasteiger partial charge >= 0.3 is 0 Å². The van der Waals surface area contributed by atoms with Gasteiger partial charge in [-0.15, -0.1) is 0 Å². The molecule has 1 aliphatic rings. The Labute approximate surface area is 154 Å². The van der Waals surface area contributed by atoms with Crippen molar-refractivity contribution in [1.29, 1.82) is 0 Å². The largest absolute Gasteiger partial charge is 0.312 e. The minimum atomic E-state index is -0.300. The topological polar surface area (TPSA) is 37.8 Å². The van der Waals surface area contributed by atoms with Crippen molar-refractivity contribution in [2.45, 2.75) is 12.5 Å². The molecular weight excluding hydrogens is 360 g/mol. The van der Waals surface area contributed by atoms with E-state index in [-0.39, 0.29) is 11.7 Å². The molecule has 6 heteroatoms. The van der Waals surface area contributed by atoms with Gasteiger partial charge < -0.3 is 5.32 Å². The Morgan fingerprint density at radius 2 is 1.96 bits per heavy atom. The minimum absolute atomic E-state index is 0.0175. The fourth-order valence-electron chi connectivity index (χ4n) is 3.23. The lowest BCUT2D eigenvalue weighted by molar-refractivity contribution is 0.576. The SMILES string of the molecule is Fc1cc2c(cc1-c1cnccn1)CNCC2c1ccc(Cl)c(Cl)c1. The predicted molar refractivity (Wildman–Crippen MR) is 97.4 cm³/mol. The number of nitrogens with one attached hydrogen (secondary N) is 1. The van der Waals surface area contributed by atoms with Crippen molar-refractivity contribution in [2.75, 3.05) is 6.54 Å². The number of aromatic nitrogens is 2. The van der Waals surface area contributed by atoms with E-state index in [0.29, 0.717) is 27.8 Å². The smallest absolute Gasteiger partial charge is 0.132 e. The molecule has 1 aromatic heterocycles. The van der Waals surface area contributed by atoms with Gasteiger partial charge in [0.05, 0.1) is 21.9 Å². The maximum Gasteiger partial charge on any atom is 0.132 e. The highest BCUT2D eigenvalue weighted by molar-refractivity contribution is 6.42. The van der Waals surface area contributed by atoms with Crippen LogP contribution in [0.5, 0.6) is 0 Å². The molecule has 0 saturated heterocycles. The van der Waals surface area contributed by atoms with Crippen molar-refractivity contribution >= 4 is 23.2 Å². The van der Waals surface area contributed by atoms with E-state index < -0.39 is 0 Å². The molecule has 0 amide bonds. The Balaban J connectivity index is 1.80. The lowest BCUT2D eigenvalue weighted by Gasteiger charge is -2.28. The first-order chi connectivity index (χ1) is 12.1. The normalized spacial score (nSPS) is 16.5. The van der Waals surface area contributed by atoms with E-state index in [1.807, 2.05) is 18.2 Å². The lowest BCUT2D eigenvalue weighted by atomic mass is 9.84. The van der Waals surface area contributed by atoms with Crippen molar-refractivity contribution in [3.05, 3.63) is 81.5 Å². The zero-order valence-corrected chi connectivity index (χ0v) is 14.7. The third-order valence-corrected chi connectivity index (χ3v) is 5.19. The van der Waals surface area contributed by atoms with Gasteiger partial charge in [-0.2, -0.15) is 0 Å². The molecule has 2 heterocycles. The second-order valence-corrected chi connectivity index (χ2v) is 6.79. The van der Waals surface area contributed by atoms with Crippen molar-refractivity contribution in [3.63, 3.8) is 0 Å². The second kappa shape index (κ2) is 6.71. The van der Waals surface area contributed by atoms with Crippen LogP contribution in [-0.2, 0) is 6.54 Å². The molecule has 1 unspecified atom stereocenters. The highest BCUT2D eigenvalue weighted by Gasteiger charge is 2.24. The Hall–Kier alpha value is -2.01. The number of benzene rings is 2. The molecule has 25 heavy (non-hydrogen) atoms. The summed E-state index contributed by atoms with van der Waals surface area (Å²) in [6, 6.07) is 9.01. The van der Waals surface area contributed by atoms with Crippen molar-refractivity contribution in [2.24, 2.45) is 0 Å². The molecule has 1 N–H and O–H groups in total. The zero-order valence-electron chi connectivity index (χ0n) is 13.1. The second-order valence-electron chi connectivity index (χ2n) is 5.98. The molecule has 126 valence electrons. The molecule has 3 nitrogen and oxygen atoms in total. The van der Waals surface area contributed by atoms with Gasteiger partial charge in [0.15, 0.2) is 0 Å². The standard InChI is InChI=1S/C19H14Cl2FN3/c20-16-2-1-11(6-17(16)21)15-9-24-8-12-5-14(18(22)7-13(12)15)19-10-23-3-4-25-19/h1-7,10,15,24H,8-9H2. The van der Waals surface area contributed by atoms with Crippen LogP contribution in [0.1, 0.15) is 22.6 Å². The molecule has 0 aliphatic carbocycles. The summed E-state index contributed by atoms with van der Waals surface area (Å²) in [5, 5.41) is 4.40. The van der Waals surface area contributed by atoms with E-state index in [2.05, 4.69) is 15.3 Å². The Bertz CT molecular complexity index is 931. The summed E-state index contributed by atoms with van der Waals surface area (Å²) in [5.74, 6) is -0.282. The molecule has 0 fully saturated rings. The van der Waals surface area contributed by atoms with Crippen LogP contribution in [0.15, 0.2) is 48.9 Å². The fourth-order valence-corrected chi connectivity index (χ4v) is 3.54. The first-order valence-corrected chi connectivity index (χ1v) is 8.63. The summed E-state index contributed by atoms with van der Waals surface area (Å²) in [5.41, 5.74) is 4.00. The summed E-state index contributed by atoms with van der Waals surface area (Å²) in [6.45, 7) is 1.40. The number of hydrogen-bond acceptors (Lipinski definition) is 3. The van der Waals surface area contributed by atoms with Crippen LogP contribution in [-0.4, -0.2) is 16.5 Å². The lowest BCUT2D eigenvalue weighted by Crippen LogP contribution is -2.29. The molecule has 0 spiro atoms. The number of hydrogen-bond donors (Lipinski definition) is 1. The third-order valence-electron chi connectivity index (χ3n) is 4.45. The number of fused-ring (bicyclic) bond motifs is 1. The molecule has 0 saturated carbocycles. The first kappa shape index (κ1) is 16.5. The van der Waals surface area contributed by atoms with E-state index in [0.717, 1.165) is 23.2 Å². The van der Waals surface area contributed by atoms with Gasteiger partial charge in [0.25, 0.3) is 0 Å². The molecule has 1 aliphatic heterocycles. The Kier molecular flexibility index (Phi) is 4.42. The minimum Gasteiger partial charge on any atom is -0.312 e. The van der Waals surface area contributed by atoms with Gasteiger partial charge in [-0.1, -0.05) is 29.3 Å². The maximum absolute atomic E-state index is 14.8. The van der Waals surface area contributed by atoms with Gasteiger partial charge in [0, 0.05) is 37.0 Å². The molecule has 0 bridgehead atoms. The highest BCUT2D eigenvalue weighted by Crippen LogP contribution is 2.36. The number of halogens is 3. The first-order valence-electron chi connectivity index (χ1n) is 7.88. The van der Waals surface area contributed by atoms with E-state index in [9.17, 15) is 4.39 Å². The monoisotopic (exact) mass is 373 g/mol. The summed E-state index contributed by atoms with van der Waals surface area (Å²) >= 11 is 12.2. The summed E-state index contributed by atoms with van der Waals surface area (Å²) in [7, 11) is 0. The molecule has 0 radical (unpaired) electrons. The van der Waals surface area contributed by atoms with E-state index in [1.165, 1.54) is 0 Å². The van der Waals surface area contributed by atoms with Crippen LogP contribution in [0.4, 0.5) is 4.39 Å². The summed E-state index contributed by atoms with van der Waals surface area (Å²) < 4.78 is 14.8. The molecule has 4 rings (SSSR count). The van der Waals surface area contributed by atoms with Crippen LogP contribution < -0.4 is 5.32 Å². The van der Waals surface area contributed by atoms with Gasteiger partial charge in [-0.25, -0.2) is 4.39 Å². The van der Waals surface area contributed by atoms with Crippen LogP contribution in [0, 0.1) is 5.82 Å². The number of nitrogens with zero attached hydrogens (tertiary/aromatic N) is 2. The third kappa shape index (κ3) is 3.13. The van der Waals surface area contributed by atoms with Crippen molar-refractivity contribution in [1.82, 2.24) is 15.3 Å². The average Bonchev–Trinajstić information content (AvgIpc) is 2.64. The molecular formula is C19H14Cl2FN3. The van der Waals surface area contributed by atoms with Crippen LogP contribution in [0.2, 0.25) is 10.0 Å². The van der Waals surface area contributed by atoms with Gasteiger partial charge in [0.1, 0.15) is 5.82 Å². The Morgan fingerprint density at radius 1 is 1.08 bits per heavy atom. The predicted octanol–water partition coefficient (Wildman–Crippen LogP) is 4.82. The van der Waals surface area contributed by atoms with E-state index >= 15 is 0 Å². The molecule has 2 aromatic carbocycles. The molecule has 1 atom stereocenters. The van der Waals surface area contributed by atoms with Crippen LogP contribution in [0.25, 0.3) is 11.3 Å². The number of rotatable bonds is 2. The van der Waals surface area contributed by atoms with Crippen LogP contribution in [0.3, 0.4) is 0 Å². The summed E-state index contributed by atoms with van der Waals surface area (Å²) in [4.78, 5) is 8.22. The quantitative estimate of drug-likeness (QED) is 0.699. The van der Waals surface area contributed by atoms with Crippen molar-refractivity contribution in [3.8, 4) is 11.3 Å². The molecule has 3 aromatic rings. The average molecular weight is 374 g/mol. The van der Waals surface area contributed by atoms with Crippen molar-refractivity contribution < 1.29 is 4.39 Å². The highest BCUT2D eigenvalue weighted by atomic mass is 35.5. The van der Waals surface area contributed by atoms with E-state index in [1.54, 1.807) is 30.7 Å². The van der Waals surface area contributed by atoms with Gasteiger partial charge in [0.2, 0.25) is 0 Å². The van der Waals surface area contributed by atoms with E-state index in [4.69, 9.17) is 23.2 Å². The summed E-state index contributed by atoms with van der Waals surface area (Å²) in [6.07, 6.45) is 4.70. The fraction of sp³-hybridized carbons (Fsp3) is 0.158. The van der Waals surface area contributed by atoms with Crippen LogP contribution >= 0.6 is 23.2 Å². The maximum atomic E-state index is 14.8. The zero-order chi connectivity index (χ0) is 17.4.